The molecule has 1 N–H and O–H groups in total. The number of benzene rings is 1. The Labute approximate surface area is 142 Å². The van der Waals surface area contributed by atoms with Crippen molar-refractivity contribution in [1.82, 2.24) is 14.5 Å². The minimum atomic E-state index is -3.22. The molecule has 132 valence electrons. The van der Waals surface area contributed by atoms with Gasteiger partial charge in [-0.2, -0.15) is 4.31 Å². The van der Waals surface area contributed by atoms with E-state index in [4.69, 9.17) is 0 Å². The Hall–Kier alpha value is -1.93. The van der Waals surface area contributed by atoms with Crippen LogP contribution >= 0.6 is 0 Å². The molecule has 7 nitrogen and oxygen atoms in total. The van der Waals surface area contributed by atoms with Gasteiger partial charge in [0.2, 0.25) is 15.9 Å². The lowest BCUT2D eigenvalue weighted by molar-refractivity contribution is -0.131. The number of hydrogen-bond donors (Lipinski definition) is 1. The number of nitrogens with zero attached hydrogens (tertiary/aromatic N) is 2. The molecule has 2 rings (SSSR count). The lowest BCUT2D eigenvalue weighted by Crippen LogP contribution is -2.52. The van der Waals surface area contributed by atoms with Gasteiger partial charge >= 0.3 is 0 Å². The van der Waals surface area contributed by atoms with E-state index in [0.717, 1.165) is 0 Å². The van der Waals surface area contributed by atoms with Crippen LogP contribution in [-0.2, 0) is 14.8 Å². The number of sulfonamides is 1. The van der Waals surface area contributed by atoms with E-state index in [0.29, 0.717) is 38.2 Å². The monoisotopic (exact) mass is 353 g/mol. The van der Waals surface area contributed by atoms with Crippen molar-refractivity contribution in [2.75, 3.05) is 38.5 Å². The van der Waals surface area contributed by atoms with Crippen molar-refractivity contribution in [3.05, 3.63) is 35.9 Å². The van der Waals surface area contributed by atoms with E-state index in [1.807, 2.05) is 13.0 Å². The van der Waals surface area contributed by atoms with Gasteiger partial charge in [-0.15, -0.1) is 0 Å². The van der Waals surface area contributed by atoms with Gasteiger partial charge in [-0.3, -0.25) is 9.59 Å². The second kappa shape index (κ2) is 8.25. The summed E-state index contributed by atoms with van der Waals surface area (Å²) in [5.74, 6) is -0.367. The second-order valence-electron chi connectivity index (χ2n) is 5.64. The lowest BCUT2D eigenvalue weighted by Gasteiger charge is -2.34. The summed E-state index contributed by atoms with van der Waals surface area (Å²) in [6, 6.07) is 8.68. The third kappa shape index (κ3) is 4.78. The molecule has 0 bridgehead atoms. The van der Waals surface area contributed by atoms with E-state index in [-0.39, 0.29) is 24.1 Å². The Balaban J connectivity index is 1.80. The Morgan fingerprint density at radius 1 is 1.08 bits per heavy atom. The van der Waals surface area contributed by atoms with Crippen molar-refractivity contribution in [3.8, 4) is 0 Å². The zero-order chi connectivity index (χ0) is 17.6. The van der Waals surface area contributed by atoms with E-state index in [1.165, 1.54) is 4.31 Å². The summed E-state index contributed by atoms with van der Waals surface area (Å²) in [7, 11) is -3.22. The van der Waals surface area contributed by atoms with Gasteiger partial charge in [-0.25, -0.2) is 8.42 Å². The minimum Gasteiger partial charge on any atom is -0.343 e. The van der Waals surface area contributed by atoms with E-state index in [9.17, 15) is 18.0 Å². The number of carbonyl (C=O) groups is 2. The minimum absolute atomic E-state index is 0.0879. The van der Waals surface area contributed by atoms with Crippen LogP contribution in [0.3, 0.4) is 0 Å². The maximum atomic E-state index is 12.2. The molecule has 2 amide bonds. The molecule has 1 saturated heterocycles. The van der Waals surface area contributed by atoms with Gasteiger partial charge in [-0.05, 0) is 18.6 Å². The van der Waals surface area contributed by atoms with Gasteiger partial charge in [0.1, 0.15) is 0 Å². The molecule has 0 saturated carbocycles. The molecular formula is C16H23N3O4S. The number of amides is 2. The van der Waals surface area contributed by atoms with E-state index < -0.39 is 10.0 Å². The van der Waals surface area contributed by atoms with Gasteiger partial charge in [0.15, 0.2) is 0 Å². The van der Waals surface area contributed by atoms with Gasteiger partial charge in [0.05, 0.1) is 12.3 Å². The molecule has 0 radical (unpaired) electrons. The smallest absolute Gasteiger partial charge is 0.251 e. The Morgan fingerprint density at radius 3 is 2.29 bits per heavy atom. The normalized spacial score (nSPS) is 16.0. The summed E-state index contributed by atoms with van der Waals surface area (Å²) in [5.41, 5.74) is 0.501. The van der Waals surface area contributed by atoms with Crippen molar-refractivity contribution < 1.29 is 18.0 Å². The molecular weight excluding hydrogens is 330 g/mol. The standard InChI is InChI=1S/C16H23N3O4S/c1-2-12-24(22,23)19-10-8-18(9-11-19)15(20)13-17-16(21)14-6-4-3-5-7-14/h3-7H,2,8-13H2,1H3,(H,17,21). The molecule has 0 aromatic heterocycles. The summed E-state index contributed by atoms with van der Waals surface area (Å²) in [6.07, 6.45) is 0.576. The third-order valence-corrected chi connectivity index (χ3v) is 5.96. The number of hydrogen-bond acceptors (Lipinski definition) is 4. The highest BCUT2D eigenvalue weighted by Gasteiger charge is 2.28. The lowest BCUT2D eigenvalue weighted by atomic mass is 10.2. The van der Waals surface area contributed by atoms with Crippen molar-refractivity contribution in [3.63, 3.8) is 0 Å². The van der Waals surface area contributed by atoms with Crippen molar-refractivity contribution in [2.45, 2.75) is 13.3 Å². The van der Waals surface area contributed by atoms with Crippen molar-refractivity contribution in [1.29, 1.82) is 0 Å². The number of carbonyl (C=O) groups excluding carboxylic acids is 2. The number of rotatable bonds is 6. The van der Waals surface area contributed by atoms with Gasteiger partial charge < -0.3 is 10.2 Å². The zero-order valence-electron chi connectivity index (χ0n) is 13.8. The van der Waals surface area contributed by atoms with Gasteiger partial charge in [-0.1, -0.05) is 25.1 Å². The van der Waals surface area contributed by atoms with Crippen LogP contribution in [0.25, 0.3) is 0 Å². The maximum Gasteiger partial charge on any atom is 0.251 e. The van der Waals surface area contributed by atoms with Crippen LogP contribution < -0.4 is 5.32 Å². The van der Waals surface area contributed by atoms with Crippen LogP contribution in [-0.4, -0.2) is 67.9 Å². The highest BCUT2D eigenvalue weighted by Crippen LogP contribution is 2.09. The fourth-order valence-electron chi connectivity index (χ4n) is 2.56. The van der Waals surface area contributed by atoms with Crippen LogP contribution in [0.1, 0.15) is 23.7 Å². The predicted octanol–water partition coefficient (Wildman–Crippen LogP) is 0.300. The van der Waals surface area contributed by atoms with E-state index >= 15 is 0 Å². The summed E-state index contributed by atoms with van der Waals surface area (Å²) in [6.45, 7) is 3.05. The molecule has 0 spiro atoms. The van der Waals surface area contributed by atoms with Gasteiger partial charge in [0.25, 0.3) is 5.91 Å². The quantitative estimate of drug-likeness (QED) is 0.797. The molecule has 1 aromatic carbocycles. The molecule has 1 aliphatic rings. The van der Waals surface area contributed by atoms with Crippen molar-refractivity contribution in [2.24, 2.45) is 0 Å². The van der Waals surface area contributed by atoms with Crippen LogP contribution in [0.5, 0.6) is 0 Å². The summed E-state index contributed by atoms with van der Waals surface area (Å²) < 4.78 is 25.4. The van der Waals surface area contributed by atoms with Crippen LogP contribution in [0, 0.1) is 0 Å². The van der Waals surface area contributed by atoms with Gasteiger partial charge in [0, 0.05) is 31.7 Å². The zero-order valence-corrected chi connectivity index (χ0v) is 14.6. The Kier molecular flexibility index (Phi) is 6.33. The van der Waals surface area contributed by atoms with Crippen LogP contribution in [0.4, 0.5) is 0 Å². The first-order valence-corrected chi connectivity index (χ1v) is 9.64. The Bertz CT molecular complexity index is 668. The molecule has 0 unspecified atom stereocenters. The first-order valence-electron chi connectivity index (χ1n) is 8.03. The topological polar surface area (TPSA) is 86.8 Å². The SMILES string of the molecule is CCCS(=O)(=O)N1CCN(C(=O)CNC(=O)c2ccccc2)CC1. The van der Waals surface area contributed by atoms with E-state index in [2.05, 4.69) is 5.32 Å². The summed E-state index contributed by atoms with van der Waals surface area (Å²) in [5, 5.41) is 2.60. The first kappa shape index (κ1) is 18.4. The number of nitrogens with one attached hydrogen (secondary N) is 1. The third-order valence-electron chi connectivity index (χ3n) is 3.88. The molecule has 1 aliphatic heterocycles. The average Bonchev–Trinajstić information content (AvgIpc) is 2.60. The largest absolute Gasteiger partial charge is 0.343 e. The molecule has 0 aliphatic carbocycles. The molecule has 8 heteroatoms. The summed E-state index contributed by atoms with van der Waals surface area (Å²) in [4.78, 5) is 25.7. The predicted molar refractivity (Wildman–Crippen MR) is 91.0 cm³/mol. The molecule has 1 heterocycles. The maximum absolute atomic E-state index is 12.2. The molecule has 1 fully saturated rings. The highest BCUT2D eigenvalue weighted by atomic mass is 32.2. The molecule has 24 heavy (non-hydrogen) atoms. The Morgan fingerprint density at radius 2 is 1.71 bits per heavy atom. The van der Waals surface area contributed by atoms with Crippen LogP contribution in [0.2, 0.25) is 0 Å². The fourth-order valence-corrected chi connectivity index (χ4v) is 4.06. The average molecular weight is 353 g/mol. The molecule has 1 aromatic rings. The van der Waals surface area contributed by atoms with E-state index in [1.54, 1.807) is 29.2 Å². The summed E-state index contributed by atoms with van der Waals surface area (Å²) >= 11 is 0. The van der Waals surface area contributed by atoms with Crippen molar-refractivity contribution >= 4 is 21.8 Å². The fraction of sp³-hybridized carbons (Fsp3) is 0.500. The van der Waals surface area contributed by atoms with Crippen LogP contribution in [0.15, 0.2) is 30.3 Å². The highest BCUT2D eigenvalue weighted by molar-refractivity contribution is 7.89. The number of piperazine rings is 1. The molecule has 0 atom stereocenters. The second-order valence-corrected chi connectivity index (χ2v) is 7.73. The first-order chi connectivity index (χ1) is 11.4.